The summed E-state index contributed by atoms with van der Waals surface area (Å²) in [5.41, 5.74) is 2.56. The minimum atomic E-state index is -1.38. The molecule has 0 amide bonds. The van der Waals surface area contributed by atoms with Crippen molar-refractivity contribution < 1.29 is 14.6 Å². The maximum Gasteiger partial charge on any atom is 0.512 e. The smallest absolute Gasteiger partial charge is 0.449 e. The van der Waals surface area contributed by atoms with Crippen LogP contribution in [0.15, 0.2) is 42.6 Å². The molecule has 140 valence electrons. The van der Waals surface area contributed by atoms with E-state index in [9.17, 15) is 4.79 Å². The second kappa shape index (κ2) is 8.44. The number of aromatic nitrogens is 4. The Hall–Kier alpha value is -3.22. The highest BCUT2D eigenvalue weighted by atomic mass is 16.7. The molecule has 0 aliphatic heterocycles. The summed E-state index contributed by atoms with van der Waals surface area (Å²) in [6.45, 7) is 4.71. The monoisotopic (exact) mass is 366 g/mol. The predicted molar refractivity (Wildman–Crippen MR) is 101 cm³/mol. The van der Waals surface area contributed by atoms with E-state index in [1.807, 2.05) is 35.9 Å². The molecule has 3 aromatic rings. The molecule has 0 atom stereocenters. The molecule has 0 fully saturated rings. The number of rotatable bonds is 7. The van der Waals surface area contributed by atoms with E-state index < -0.39 is 6.16 Å². The van der Waals surface area contributed by atoms with E-state index in [0.29, 0.717) is 12.1 Å². The number of hydrogen-bond acceptors (Lipinski definition) is 5. The molecule has 7 heteroatoms. The van der Waals surface area contributed by atoms with Gasteiger partial charge in [0.1, 0.15) is 11.6 Å². The lowest BCUT2D eigenvalue weighted by atomic mass is 10.1. The third kappa shape index (κ3) is 4.69. The highest BCUT2D eigenvalue weighted by Crippen LogP contribution is 2.28. The van der Waals surface area contributed by atoms with Gasteiger partial charge in [-0.05, 0) is 36.6 Å². The fraction of sp³-hybridized carbons (Fsp3) is 0.300. The quantitative estimate of drug-likeness (QED) is 0.633. The van der Waals surface area contributed by atoms with Crippen LogP contribution in [0.3, 0.4) is 0 Å². The number of pyridine rings is 1. The van der Waals surface area contributed by atoms with E-state index in [2.05, 4.69) is 22.0 Å². The molecule has 27 heavy (non-hydrogen) atoms. The van der Waals surface area contributed by atoms with Gasteiger partial charge in [-0.15, -0.1) is 0 Å². The zero-order valence-electron chi connectivity index (χ0n) is 15.4. The molecule has 0 aliphatic carbocycles. The molecular weight excluding hydrogens is 344 g/mol. The first-order chi connectivity index (χ1) is 13.1. The van der Waals surface area contributed by atoms with Crippen LogP contribution in [0.1, 0.15) is 37.0 Å². The average molecular weight is 366 g/mol. The van der Waals surface area contributed by atoms with Gasteiger partial charge in [-0.1, -0.05) is 37.6 Å². The van der Waals surface area contributed by atoms with Gasteiger partial charge in [0.05, 0.1) is 6.54 Å². The minimum absolute atomic E-state index is 0.0755. The van der Waals surface area contributed by atoms with Crippen LogP contribution in [0.25, 0.3) is 11.1 Å². The Balaban J connectivity index is 1.80. The van der Waals surface area contributed by atoms with Crippen LogP contribution in [-0.2, 0) is 13.0 Å². The number of benzene rings is 1. The first-order valence-corrected chi connectivity index (χ1v) is 8.92. The highest BCUT2D eigenvalue weighted by molar-refractivity contribution is 5.72. The van der Waals surface area contributed by atoms with E-state index in [0.717, 1.165) is 42.0 Å². The molecule has 0 unspecified atom stereocenters. The molecule has 0 aliphatic rings. The number of hydrogen-bond donors (Lipinski definition) is 1. The molecule has 0 bridgehead atoms. The Morgan fingerprint density at radius 2 is 2.00 bits per heavy atom. The number of carbonyl (C=O) groups is 1. The molecule has 1 aromatic carbocycles. The largest absolute Gasteiger partial charge is 0.512 e. The summed E-state index contributed by atoms with van der Waals surface area (Å²) in [6, 6.07) is 11.4. The van der Waals surface area contributed by atoms with Crippen molar-refractivity contribution in [2.24, 2.45) is 0 Å². The van der Waals surface area contributed by atoms with Gasteiger partial charge in [-0.2, -0.15) is 5.10 Å². The molecule has 0 saturated carbocycles. The normalized spacial score (nSPS) is 10.7. The Kier molecular flexibility index (Phi) is 5.80. The standard InChI is InChI=1S/C20H22N4O3/c1-3-4-7-18-22-14(2)23-24(18)13-15-8-10-16(11-9-15)17-6-5-12-21-19(17)27-20(25)26/h5-6,8-12H,3-4,7,13H2,1-2H3,(H,25,26). The minimum Gasteiger partial charge on any atom is -0.449 e. The van der Waals surface area contributed by atoms with Gasteiger partial charge in [0.2, 0.25) is 5.88 Å². The van der Waals surface area contributed by atoms with Crippen molar-refractivity contribution in [3.63, 3.8) is 0 Å². The maximum absolute atomic E-state index is 10.8. The molecule has 0 saturated heterocycles. The van der Waals surface area contributed by atoms with Crippen molar-refractivity contribution in [1.82, 2.24) is 19.7 Å². The Morgan fingerprint density at radius 3 is 2.70 bits per heavy atom. The van der Waals surface area contributed by atoms with Crippen LogP contribution in [0.4, 0.5) is 4.79 Å². The number of nitrogens with zero attached hydrogens (tertiary/aromatic N) is 4. The zero-order chi connectivity index (χ0) is 19.2. The van der Waals surface area contributed by atoms with E-state index >= 15 is 0 Å². The zero-order valence-corrected chi connectivity index (χ0v) is 15.4. The van der Waals surface area contributed by atoms with Crippen molar-refractivity contribution in [2.75, 3.05) is 0 Å². The number of carboxylic acid groups (broad SMARTS) is 1. The fourth-order valence-corrected chi connectivity index (χ4v) is 2.88. The molecule has 3 rings (SSSR count). The third-order valence-corrected chi connectivity index (χ3v) is 4.16. The molecule has 7 nitrogen and oxygen atoms in total. The summed E-state index contributed by atoms with van der Waals surface area (Å²) >= 11 is 0. The van der Waals surface area contributed by atoms with Crippen LogP contribution in [-0.4, -0.2) is 31.0 Å². The van der Waals surface area contributed by atoms with E-state index in [4.69, 9.17) is 9.84 Å². The molecule has 2 heterocycles. The lowest BCUT2D eigenvalue weighted by Crippen LogP contribution is -2.07. The van der Waals surface area contributed by atoms with Crippen LogP contribution in [0.5, 0.6) is 5.88 Å². The van der Waals surface area contributed by atoms with Gasteiger partial charge in [-0.3, -0.25) is 0 Å². The second-order valence-corrected chi connectivity index (χ2v) is 6.26. The lowest BCUT2D eigenvalue weighted by molar-refractivity contribution is 0.143. The predicted octanol–water partition coefficient (Wildman–Crippen LogP) is 4.10. The van der Waals surface area contributed by atoms with Gasteiger partial charge in [-0.25, -0.2) is 19.4 Å². The lowest BCUT2D eigenvalue weighted by Gasteiger charge is -2.09. The summed E-state index contributed by atoms with van der Waals surface area (Å²) in [5.74, 6) is 1.86. The van der Waals surface area contributed by atoms with E-state index in [1.165, 1.54) is 6.20 Å². The van der Waals surface area contributed by atoms with Crippen molar-refractivity contribution in [3.8, 4) is 17.0 Å². The van der Waals surface area contributed by atoms with E-state index in [-0.39, 0.29) is 5.88 Å². The topological polar surface area (TPSA) is 90.1 Å². The van der Waals surface area contributed by atoms with Gasteiger partial charge >= 0.3 is 6.16 Å². The van der Waals surface area contributed by atoms with Crippen molar-refractivity contribution >= 4 is 6.16 Å². The summed E-state index contributed by atoms with van der Waals surface area (Å²) in [6.07, 6.45) is 3.24. The van der Waals surface area contributed by atoms with Gasteiger partial charge in [0.15, 0.2) is 0 Å². The van der Waals surface area contributed by atoms with E-state index in [1.54, 1.807) is 12.1 Å². The number of unbranched alkanes of at least 4 members (excludes halogenated alkanes) is 1. The maximum atomic E-state index is 10.8. The number of ether oxygens (including phenoxy) is 1. The van der Waals surface area contributed by atoms with Gasteiger partial charge < -0.3 is 9.84 Å². The summed E-state index contributed by atoms with van der Waals surface area (Å²) in [4.78, 5) is 19.4. The van der Waals surface area contributed by atoms with Crippen molar-refractivity contribution in [1.29, 1.82) is 0 Å². The van der Waals surface area contributed by atoms with Crippen LogP contribution in [0, 0.1) is 6.92 Å². The Bertz CT molecular complexity index is 919. The first-order valence-electron chi connectivity index (χ1n) is 8.92. The van der Waals surface area contributed by atoms with Crippen molar-refractivity contribution in [2.45, 2.75) is 39.7 Å². The average Bonchev–Trinajstić information content (AvgIpc) is 3.00. The first kappa shape index (κ1) is 18.6. The van der Waals surface area contributed by atoms with Gasteiger partial charge in [0, 0.05) is 18.2 Å². The molecule has 0 spiro atoms. The molecule has 2 aromatic heterocycles. The Morgan fingerprint density at radius 1 is 1.22 bits per heavy atom. The fourth-order valence-electron chi connectivity index (χ4n) is 2.88. The summed E-state index contributed by atoms with van der Waals surface area (Å²) in [7, 11) is 0. The summed E-state index contributed by atoms with van der Waals surface area (Å²) in [5, 5.41) is 13.4. The van der Waals surface area contributed by atoms with Crippen LogP contribution >= 0.6 is 0 Å². The second-order valence-electron chi connectivity index (χ2n) is 6.26. The third-order valence-electron chi connectivity index (χ3n) is 4.16. The van der Waals surface area contributed by atoms with Crippen LogP contribution < -0.4 is 4.74 Å². The molecule has 1 N–H and O–H groups in total. The SMILES string of the molecule is CCCCc1nc(C)nn1Cc1ccc(-c2cccnc2OC(=O)O)cc1. The molecule has 0 radical (unpaired) electrons. The van der Waals surface area contributed by atoms with Gasteiger partial charge in [0.25, 0.3) is 0 Å². The summed E-state index contributed by atoms with van der Waals surface area (Å²) < 4.78 is 6.71. The van der Waals surface area contributed by atoms with Crippen LogP contribution in [0.2, 0.25) is 0 Å². The number of aryl methyl sites for hydroxylation is 2. The molecular formula is C20H22N4O3. The Labute approximate surface area is 157 Å². The van der Waals surface area contributed by atoms with Crippen molar-refractivity contribution in [3.05, 3.63) is 59.8 Å². The highest BCUT2D eigenvalue weighted by Gasteiger charge is 2.12.